The number of hydrogen-bond donors (Lipinski definition) is 1. The van der Waals surface area contributed by atoms with Crippen molar-refractivity contribution < 1.29 is 4.79 Å². The zero-order valence-corrected chi connectivity index (χ0v) is 9.91. The minimum atomic E-state index is 0.0601. The maximum Gasteiger partial charge on any atom is 0.187 e. The van der Waals surface area contributed by atoms with Crippen LogP contribution in [0, 0.1) is 0 Å². The Hall–Kier alpha value is -1.74. The Kier molecular flexibility index (Phi) is 2.41. The normalized spacial score (nSPS) is 22.1. The Morgan fingerprint density at radius 3 is 2.88 bits per heavy atom. The molecular formula is C14H11NOS. The highest BCUT2D eigenvalue weighted by Gasteiger charge is 2.22. The van der Waals surface area contributed by atoms with E-state index in [1.54, 1.807) is 17.8 Å². The maximum atomic E-state index is 12.1. The molecule has 3 heteroatoms. The second-order valence-electron chi connectivity index (χ2n) is 4.05. The van der Waals surface area contributed by atoms with E-state index in [1.165, 1.54) is 0 Å². The molecule has 0 radical (unpaired) electrons. The Morgan fingerprint density at radius 1 is 1.18 bits per heavy atom. The molecule has 1 aromatic carbocycles. The third-order valence-corrected chi connectivity index (χ3v) is 4.12. The largest absolute Gasteiger partial charge is 0.399 e. The number of benzene rings is 1. The summed E-state index contributed by atoms with van der Waals surface area (Å²) in [5.41, 5.74) is 8.22. The SMILES string of the molecule is NC1=CC2=CC(=O)c3ccccc3SC2C=C1. The van der Waals surface area contributed by atoms with Gasteiger partial charge in [-0.25, -0.2) is 0 Å². The fourth-order valence-electron chi connectivity index (χ4n) is 2.00. The Morgan fingerprint density at radius 2 is 2.00 bits per heavy atom. The molecular weight excluding hydrogens is 230 g/mol. The Balaban J connectivity index is 2.12. The summed E-state index contributed by atoms with van der Waals surface area (Å²) in [4.78, 5) is 13.1. The number of rotatable bonds is 0. The summed E-state index contributed by atoms with van der Waals surface area (Å²) in [6.07, 6.45) is 7.51. The van der Waals surface area contributed by atoms with Gasteiger partial charge in [0.15, 0.2) is 5.78 Å². The van der Waals surface area contributed by atoms with E-state index in [-0.39, 0.29) is 11.0 Å². The molecule has 0 saturated heterocycles. The van der Waals surface area contributed by atoms with E-state index in [0.29, 0.717) is 5.70 Å². The zero-order chi connectivity index (χ0) is 11.8. The summed E-state index contributed by atoms with van der Waals surface area (Å²) in [7, 11) is 0. The standard InChI is InChI=1S/C14H11NOS/c15-10-5-6-13-9(7-10)8-12(16)11-3-1-2-4-14(11)17-13/h1-8,13H,15H2. The molecule has 0 bridgehead atoms. The molecule has 0 aromatic heterocycles. The summed E-state index contributed by atoms with van der Waals surface area (Å²) in [6.45, 7) is 0. The van der Waals surface area contributed by atoms with E-state index in [2.05, 4.69) is 0 Å². The van der Waals surface area contributed by atoms with Crippen LogP contribution in [0.25, 0.3) is 0 Å². The first-order valence-corrected chi connectivity index (χ1v) is 6.29. The lowest BCUT2D eigenvalue weighted by Gasteiger charge is -2.16. The third kappa shape index (κ3) is 1.83. The lowest BCUT2D eigenvalue weighted by atomic mass is 10.0. The van der Waals surface area contributed by atoms with Crippen LogP contribution in [0.15, 0.2) is 64.7 Å². The van der Waals surface area contributed by atoms with Crippen LogP contribution >= 0.6 is 11.8 Å². The van der Waals surface area contributed by atoms with Crippen molar-refractivity contribution in [2.45, 2.75) is 10.1 Å². The number of allylic oxidation sites excluding steroid dienone is 3. The molecule has 3 rings (SSSR count). The number of hydrogen-bond acceptors (Lipinski definition) is 3. The number of carbonyl (C=O) groups is 1. The molecule has 17 heavy (non-hydrogen) atoms. The highest BCUT2D eigenvalue weighted by Crippen LogP contribution is 2.37. The maximum absolute atomic E-state index is 12.1. The summed E-state index contributed by atoms with van der Waals surface area (Å²) in [5.74, 6) is 0.0601. The van der Waals surface area contributed by atoms with Crippen molar-refractivity contribution in [1.29, 1.82) is 0 Å². The van der Waals surface area contributed by atoms with Crippen LogP contribution in [0.5, 0.6) is 0 Å². The molecule has 84 valence electrons. The van der Waals surface area contributed by atoms with E-state index < -0.39 is 0 Å². The van der Waals surface area contributed by atoms with Crippen molar-refractivity contribution in [3.05, 3.63) is 65.4 Å². The van der Waals surface area contributed by atoms with Gasteiger partial charge in [0.05, 0.1) is 5.25 Å². The lowest BCUT2D eigenvalue weighted by molar-refractivity contribution is 0.104. The van der Waals surface area contributed by atoms with Gasteiger partial charge >= 0.3 is 0 Å². The van der Waals surface area contributed by atoms with E-state index in [1.807, 2.05) is 42.5 Å². The molecule has 1 atom stereocenters. The topological polar surface area (TPSA) is 43.1 Å². The highest BCUT2D eigenvalue weighted by molar-refractivity contribution is 8.00. The summed E-state index contributed by atoms with van der Waals surface area (Å²) >= 11 is 1.69. The van der Waals surface area contributed by atoms with Gasteiger partial charge < -0.3 is 5.73 Å². The van der Waals surface area contributed by atoms with E-state index >= 15 is 0 Å². The molecule has 1 heterocycles. The highest BCUT2D eigenvalue weighted by atomic mass is 32.2. The van der Waals surface area contributed by atoms with Gasteiger partial charge in [0.2, 0.25) is 0 Å². The first-order chi connectivity index (χ1) is 8.24. The fourth-order valence-corrected chi connectivity index (χ4v) is 3.16. The van der Waals surface area contributed by atoms with Gasteiger partial charge in [0, 0.05) is 16.2 Å². The second kappa shape index (κ2) is 3.93. The quantitative estimate of drug-likeness (QED) is 0.759. The van der Waals surface area contributed by atoms with E-state index in [0.717, 1.165) is 16.0 Å². The van der Waals surface area contributed by atoms with Gasteiger partial charge in [-0.2, -0.15) is 0 Å². The summed E-state index contributed by atoms with van der Waals surface area (Å²) < 4.78 is 0. The molecule has 0 spiro atoms. The monoisotopic (exact) mass is 241 g/mol. The van der Waals surface area contributed by atoms with Crippen LogP contribution in [-0.2, 0) is 0 Å². The Bertz CT molecular complexity index is 584. The fraction of sp³-hybridized carbons (Fsp3) is 0.0714. The van der Waals surface area contributed by atoms with Crippen molar-refractivity contribution in [3.63, 3.8) is 0 Å². The van der Waals surface area contributed by atoms with Gasteiger partial charge in [-0.15, -0.1) is 11.8 Å². The molecule has 2 N–H and O–H groups in total. The van der Waals surface area contributed by atoms with Crippen LogP contribution in [0.4, 0.5) is 0 Å². The smallest absolute Gasteiger partial charge is 0.187 e. The van der Waals surface area contributed by atoms with Gasteiger partial charge in [0.1, 0.15) is 0 Å². The zero-order valence-electron chi connectivity index (χ0n) is 9.09. The van der Waals surface area contributed by atoms with Crippen molar-refractivity contribution >= 4 is 17.5 Å². The summed E-state index contributed by atoms with van der Waals surface area (Å²) in [5, 5.41) is 0.190. The van der Waals surface area contributed by atoms with Crippen LogP contribution in [0.1, 0.15) is 10.4 Å². The number of carbonyl (C=O) groups excluding carboxylic acids is 1. The number of ketones is 1. The molecule has 0 fully saturated rings. The average molecular weight is 241 g/mol. The lowest BCUT2D eigenvalue weighted by Crippen LogP contribution is -2.09. The first kappa shape index (κ1) is 10.4. The molecule has 0 amide bonds. The first-order valence-electron chi connectivity index (χ1n) is 5.41. The predicted octanol–water partition coefficient (Wildman–Crippen LogP) is 2.68. The third-order valence-electron chi connectivity index (χ3n) is 2.83. The van der Waals surface area contributed by atoms with Gasteiger partial charge in [0.25, 0.3) is 0 Å². The summed E-state index contributed by atoms with van der Waals surface area (Å²) in [6, 6.07) is 7.71. The molecule has 2 aliphatic rings. The van der Waals surface area contributed by atoms with Crippen LogP contribution in [-0.4, -0.2) is 11.0 Å². The van der Waals surface area contributed by atoms with Crippen LogP contribution in [0.2, 0.25) is 0 Å². The number of nitrogens with two attached hydrogens (primary N) is 1. The average Bonchev–Trinajstić information content (AvgIpc) is 2.46. The molecule has 1 aliphatic carbocycles. The van der Waals surface area contributed by atoms with Crippen molar-refractivity contribution in [2.24, 2.45) is 5.73 Å². The Labute approximate surface area is 104 Å². The van der Waals surface area contributed by atoms with Crippen LogP contribution < -0.4 is 5.73 Å². The van der Waals surface area contributed by atoms with Crippen LogP contribution in [0.3, 0.4) is 0 Å². The van der Waals surface area contributed by atoms with Crippen molar-refractivity contribution in [1.82, 2.24) is 0 Å². The van der Waals surface area contributed by atoms with Gasteiger partial charge in [-0.1, -0.05) is 18.2 Å². The minimum Gasteiger partial charge on any atom is -0.399 e. The van der Waals surface area contributed by atoms with Crippen molar-refractivity contribution in [3.8, 4) is 0 Å². The second-order valence-corrected chi connectivity index (χ2v) is 5.23. The molecule has 0 saturated carbocycles. The van der Waals surface area contributed by atoms with E-state index in [4.69, 9.17) is 5.73 Å². The van der Waals surface area contributed by atoms with Crippen molar-refractivity contribution in [2.75, 3.05) is 0 Å². The molecule has 2 nitrogen and oxygen atoms in total. The molecule has 1 aromatic rings. The van der Waals surface area contributed by atoms with E-state index in [9.17, 15) is 4.79 Å². The van der Waals surface area contributed by atoms with Gasteiger partial charge in [-0.3, -0.25) is 4.79 Å². The number of thioether (sulfide) groups is 1. The molecule has 1 aliphatic heterocycles. The predicted molar refractivity (Wildman–Crippen MR) is 69.9 cm³/mol. The number of fused-ring (bicyclic) bond motifs is 2. The minimum absolute atomic E-state index is 0.0601. The van der Waals surface area contributed by atoms with Gasteiger partial charge in [-0.05, 0) is 35.9 Å². The molecule has 1 unspecified atom stereocenters.